The standard InChI is InChI=1S/C60H84O10/c1-7-13-17-21-25-29-39-47(61)67-57-43-35-33-37-45(65-11-5)51(43)59(69-49(63)41-31-27-23-19-15-9-3)55-53(57)54-56(55)60(70-50(64)42-32-28-24-20-16-10-4)52-44(36-34-38-46(52)66-12-6)58(54)68-48(62)40-30-26-22-18-14-8-2/h33-38H,7-32,39-42H2,1-6H3. The Balaban J connectivity index is 1.82. The summed E-state index contributed by atoms with van der Waals surface area (Å²) < 4.78 is 38.8. The Morgan fingerprint density at radius 2 is 0.586 bits per heavy atom. The summed E-state index contributed by atoms with van der Waals surface area (Å²) in [4.78, 5) is 56.6. The van der Waals surface area contributed by atoms with Gasteiger partial charge in [-0.15, -0.1) is 0 Å². The van der Waals surface area contributed by atoms with E-state index in [0.29, 0.717) is 92.8 Å². The lowest BCUT2D eigenvalue weighted by molar-refractivity contribution is -0.135. The Hall–Kier alpha value is -5.12. The van der Waals surface area contributed by atoms with Crippen LogP contribution in [0, 0.1) is 20.9 Å². The van der Waals surface area contributed by atoms with Gasteiger partial charge in [-0.25, -0.2) is 0 Å². The zero-order valence-electron chi connectivity index (χ0n) is 43.8. The van der Waals surface area contributed by atoms with Crippen LogP contribution in [0.4, 0.5) is 0 Å². The van der Waals surface area contributed by atoms with Crippen molar-refractivity contribution in [1.82, 2.24) is 0 Å². The Bertz CT molecular complexity index is 2350. The maximum atomic E-state index is 14.2. The lowest BCUT2D eigenvalue weighted by Crippen LogP contribution is -2.16. The van der Waals surface area contributed by atoms with Crippen LogP contribution in [0.1, 0.15) is 221 Å². The average Bonchev–Trinajstić information content (AvgIpc) is 3.34. The largest absolute Gasteiger partial charge is 0.493 e. The molecule has 0 aromatic heterocycles. The molecule has 10 heteroatoms. The molecule has 0 aliphatic heterocycles. The second-order valence-electron chi connectivity index (χ2n) is 19.0. The molecule has 0 radical (unpaired) electrons. The molecule has 0 N–H and O–H groups in total. The van der Waals surface area contributed by atoms with Crippen molar-refractivity contribution in [2.45, 2.75) is 221 Å². The van der Waals surface area contributed by atoms with E-state index in [9.17, 15) is 19.2 Å². The molecule has 4 aromatic carbocycles. The Labute approximate surface area is 417 Å². The predicted octanol–water partition coefficient (Wildman–Crippen LogP) is 16.3. The van der Waals surface area contributed by atoms with Crippen LogP contribution in [0.15, 0.2) is 36.4 Å². The van der Waals surface area contributed by atoms with Crippen LogP contribution in [-0.4, -0.2) is 37.1 Å². The molecule has 0 spiro atoms. The van der Waals surface area contributed by atoms with Crippen LogP contribution >= 0.6 is 0 Å². The molecule has 0 atom stereocenters. The maximum Gasteiger partial charge on any atom is 0.311 e. The van der Waals surface area contributed by atoms with Crippen molar-refractivity contribution in [3.8, 4) is 34.5 Å². The minimum Gasteiger partial charge on any atom is -0.493 e. The second kappa shape index (κ2) is 30.6. The minimum atomic E-state index is -0.422. The van der Waals surface area contributed by atoms with Crippen LogP contribution in [0.2, 0.25) is 0 Å². The van der Waals surface area contributed by atoms with Crippen LogP contribution in [-0.2, 0) is 19.2 Å². The first-order chi connectivity index (χ1) is 34.2. The van der Waals surface area contributed by atoms with Crippen molar-refractivity contribution < 1.29 is 47.6 Å². The number of benzene rings is 4. The van der Waals surface area contributed by atoms with Crippen molar-refractivity contribution >= 4 is 45.4 Å². The summed E-state index contributed by atoms with van der Waals surface area (Å²) in [7, 11) is 0. The third-order valence-electron chi connectivity index (χ3n) is 13.3. The van der Waals surface area contributed by atoms with Crippen molar-refractivity contribution in [2.24, 2.45) is 0 Å². The highest BCUT2D eigenvalue weighted by Gasteiger charge is 2.32. The highest BCUT2D eigenvalue weighted by atomic mass is 16.6. The number of esters is 4. The van der Waals surface area contributed by atoms with Gasteiger partial charge in [0.25, 0.3) is 0 Å². The van der Waals surface area contributed by atoms with Crippen molar-refractivity contribution in [2.75, 3.05) is 13.2 Å². The number of carbonyl (C=O) groups is 4. The van der Waals surface area contributed by atoms with E-state index >= 15 is 0 Å². The van der Waals surface area contributed by atoms with E-state index in [4.69, 9.17) is 28.4 Å². The molecule has 5 rings (SSSR count). The summed E-state index contributed by atoms with van der Waals surface area (Å²) in [6, 6.07) is 11.0. The zero-order chi connectivity index (χ0) is 50.1. The van der Waals surface area contributed by atoms with Gasteiger partial charge in [0.05, 0.1) is 24.0 Å². The maximum absolute atomic E-state index is 14.2. The molecule has 0 unspecified atom stereocenters. The number of rotatable bonds is 36. The molecule has 0 saturated heterocycles. The fraction of sp³-hybridized carbons (Fsp3) is 0.600. The fourth-order valence-electron chi connectivity index (χ4n) is 9.60. The number of hydrogen-bond donors (Lipinski definition) is 0. The van der Waals surface area contributed by atoms with Crippen LogP contribution in [0.5, 0.6) is 34.5 Å². The van der Waals surface area contributed by atoms with Gasteiger partial charge in [-0.3, -0.25) is 19.2 Å². The van der Waals surface area contributed by atoms with Gasteiger partial charge in [-0.05, 0) is 51.7 Å². The molecule has 1 aliphatic rings. The van der Waals surface area contributed by atoms with E-state index < -0.39 is 23.9 Å². The van der Waals surface area contributed by atoms with Crippen LogP contribution in [0.25, 0.3) is 21.5 Å². The molecule has 0 heterocycles. The number of ether oxygens (including phenoxy) is 6. The van der Waals surface area contributed by atoms with Crippen molar-refractivity contribution in [3.63, 3.8) is 0 Å². The predicted molar refractivity (Wildman–Crippen MR) is 280 cm³/mol. The fourth-order valence-corrected chi connectivity index (χ4v) is 9.60. The highest BCUT2D eigenvalue weighted by Crippen LogP contribution is 2.51. The lowest BCUT2D eigenvalue weighted by atomic mass is 9.90. The number of hydrogen-bond acceptors (Lipinski definition) is 10. The number of unbranched alkanes of at least 4 members (excludes halogenated alkanes) is 20. The summed E-state index contributed by atoms with van der Waals surface area (Å²) in [6.45, 7) is 13.1. The average molecular weight is 965 g/mol. The third kappa shape index (κ3) is 15.4. The summed E-state index contributed by atoms with van der Waals surface area (Å²) in [5, 5.41) is 3.62. The Morgan fingerprint density at radius 1 is 0.329 bits per heavy atom. The van der Waals surface area contributed by atoms with E-state index in [1.165, 1.54) is 0 Å². The van der Waals surface area contributed by atoms with E-state index in [1.807, 2.05) is 50.2 Å². The summed E-state index contributed by atoms with van der Waals surface area (Å²) in [6.07, 6.45) is 24.8. The van der Waals surface area contributed by atoms with Gasteiger partial charge < -0.3 is 28.4 Å². The van der Waals surface area contributed by atoms with Gasteiger partial charge in [-0.2, -0.15) is 0 Å². The van der Waals surface area contributed by atoms with Crippen LogP contribution < -0.4 is 28.4 Å². The summed E-state index contributed by atoms with van der Waals surface area (Å²) >= 11 is 0. The quantitative estimate of drug-likeness (QED) is 0.0218. The minimum absolute atomic E-state index is 0.189. The molecule has 0 amide bonds. The molecule has 384 valence electrons. The summed E-state index contributed by atoms with van der Waals surface area (Å²) in [5.41, 5.74) is 0. The molecular weight excluding hydrogens is 881 g/mol. The first-order valence-electron chi connectivity index (χ1n) is 27.6. The SMILES string of the molecule is CCCCCCCCC(=O)Oc1c2c(c(OC(=O)CCCCCCCC)c3c(OCC)cccc13)=c1c(OC(=O)CCCCCCCC)c3c(OCC)cccc3c(OC(=O)CCCCCCCC)c1=2. The smallest absolute Gasteiger partial charge is 0.311 e. The first-order valence-corrected chi connectivity index (χ1v) is 27.6. The van der Waals surface area contributed by atoms with Crippen molar-refractivity contribution in [3.05, 3.63) is 57.3 Å². The van der Waals surface area contributed by atoms with E-state index in [2.05, 4.69) is 27.7 Å². The lowest BCUT2D eigenvalue weighted by Gasteiger charge is -2.24. The normalized spacial score (nSPS) is 11.5. The second-order valence-corrected chi connectivity index (χ2v) is 19.0. The number of fused-ring (bicyclic) bond motifs is 4. The highest BCUT2D eigenvalue weighted by molar-refractivity contribution is 6.04. The third-order valence-corrected chi connectivity index (χ3v) is 13.3. The molecule has 10 nitrogen and oxygen atoms in total. The molecule has 70 heavy (non-hydrogen) atoms. The molecule has 0 fully saturated rings. The first kappa shape index (κ1) is 55.8. The Kier molecular flexibility index (Phi) is 24.4. The molecule has 1 aliphatic carbocycles. The molecule has 0 saturated carbocycles. The monoisotopic (exact) mass is 965 g/mol. The molecular formula is C60H84O10. The number of carbonyl (C=O) groups excluding carboxylic acids is 4. The Morgan fingerprint density at radius 3 is 0.871 bits per heavy atom. The van der Waals surface area contributed by atoms with E-state index in [0.717, 1.165) is 128 Å². The topological polar surface area (TPSA) is 124 Å². The molecule has 4 aromatic rings. The van der Waals surface area contributed by atoms with Gasteiger partial charge in [0.1, 0.15) is 23.0 Å². The van der Waals surface area contributed by atoms with E-state index in [1.54, 1.807) is 0 Å². The van der Waals surface area contributed by atoms with Gasteiger partial charge in [-0.1, -0.05) is 180 Å². The van der Waals surface area contributed by atoms with E-state index in [-0.39, 0.29) is 48.7 Å². The summed E-state index contributed by atoms with van der Waals surface area (Å²) in [5.74, 6) is 0.113. The van der Waals surface area contributed by atoms with Crippen LogP contribution in [0.3, 0.4) is 0 Å². The van der Waals surface area contributed by atoms with Gasteiger partial charge >= 0.3 is 23.9 Å². The zero-order valence-corrected chi connectivity index (χ0v) is 43.8. The van der Waals surface area contributed by atoms with Gasteiger partial charge in [0.15, 0.2) is 11.5 Å². The molecule has 0 bridgehead atoms. The van der Waals surface area contributed by atoms with Gasteiger partial charge in [0, 0.05) is 57.3 Å². The van der Waals surface area contributed by atoms with Gasteiger partial charge in [0.2, 0.25) is 0 Å². The van der Waals surface area contributed by atoms with Crippen molar-refractivity contribution in [1.29, 1.82) is 0 Å².